The molecular formula is C15H16N4O6. The fraction of sp³-hybridized carbons (Fsp3) is 0.267. The van der Waals surface area contributed by atoms with Gasteiger partial charge in [0.25, 0.3) is 5.91 Å². The standard InChI is InChI=1S/C15H16N4O6/c1-8-12(19(23)24)13(18(2)17-8)14(20)16-11(15(21)22)9-4-6-10(25-3)7-5-9/h4-7,11H,1-3H3,(H,16,20)(H,21,22). The normalized spacial score (nSPS) is 11.6. The molecule has 1 atom stereocenters. The Balaban J connectivity index is 2.36. The number of nitrogens with zero attached hydrogens (tertiary/aromatic N) is 3. The maximum Gasteiger partial charge on any atom is 0.330 e. The first-order chi connectivity index (χ1) is 11.8. The fourth-order valence-corrected chi connectivity index (χ4v) is 2.40. The summed E-state index contributed by atoms with van der Waals surface area (Å²) in [5.74, 6) is -1.69. The Morgan fingerprint density at radius 2 is 1.96 bits per heavy atom. The first-order valence-electron chi connectivity index (χ1n) is 7.11. The number of aliphatic carboxylic acids is 1. The van der Waals surface area contributed by atoms with Crippen molar-refractivity contribution in [1.29, 1.82) is 0 Å². The molecule has 1 amide bonds. The number of nitro groups is 1. The summed E-state index contributed by atoms with van der Waals surface area (Å²) < 4.78 is 6.05. The number of carbonyl (C=O) groups is 2. The third kappa shape index (κ3) is 3.57. The van der Waals surface area contributed by atoms with Crippen LogP contribution < -0.4 is 10.1 Å². The summed E-state index contributed by atoms with van der Waals surface area (Å²) in [7, 11) is 2.84. The van der Waals surface area contributed by atoms with Gasteiger partial charge in [0.2, 0.25) is 5.69 Å². The van der Waals surface area contributed by atoms with Crippen LogP contribution in [0.1, 0.15) is 27.8 Å². The second-order valence-corrected chi connectivity index (χ2v) is 5.18. The van der Waals surface area contributed by atoms with Crippen LogP contribution in [0.3, 0.4) is 0 Å². The molecule has 0 aliphatic rings. The minimum atomic E-state index is -1.38. The monoisotopic (exact) mass is 348 g/mol. The van der Waals surface area contributed by atoms with Crippen LogP contribution in [-0.2, 0) is 11.8 Å². The molecule has 2 rings (SSSR count). The van der Waals surface area contributed by atoms with Crippen LogP contribution in [-0.4, -0.2) is 38.8 Å². The van der Waals surface area contributed by atoms with E-state index in [1.54, 1.807) is 12.1 Å². The number of benzene rings is 1. The lowest BCUT2D eigenvalue weighted by atomic mass is 10.1. The summed E-state index contributed by atoms with van der Waals surface area (Å²) in [6.45, 7) is 1.40. The molecular weight excluding hydrogens is 332 g/mol. The number of hydrogen-bond acceptors (Lipinski definition) is 6. The zero-order valence-corrected chi connectivity index (χ0v) is 13.7. The molecule has 0 saturated heterocycles. The van der Waals surface area contributed by atoms with Crippen molar-refractivity contribution in [2.75, 3.05) is 7.11 Å². The van der Waals surface area contributed by atoms with Crippen LogP contribution in [0.15, 0.2) is 24.3 Å². The molecule has 0 saturated carbocycles. The van der Waals surface area contributed by atoms with Crippen LogP contribution in [0.4, 0.5) is 5.69 Å². The van der Waals surface area contributed by atoms with Crippen molar-refractivity contribution in [3.05, 3.63) is 51.3 Å². The molecule has 0 radical (unpaired) electrons. The van der Waals surface area contributed by atoms with Crippen molar-refractivity contribution < 1.29 is 24.4 Å². The lowest BCUT2D eigenvalue weighted by Gasteiger charge is -2.15. The van der Waals surface area contributed by atoms with Gasteiger partial charge in [-0.15, -0.1) is 0 Å². The van der Waals surface area contributed by atoms with Gasteiger partial charge in [-0.05, 0) is 24.6 Å². The average Bonchev–Trinajstić information content (AvgIpc) is 2.86. The first-order valence-corrected chi connectivity index (χ1v) is 7.11. The van der Waals surface area contributed by atoms with Crippen LogP contribution >= 0.6 is 0 Å². The van der Waals surface area contributed by atoms with Crippen molar-refractivity contribution in [3.8, 4) is 5.75 Å². The van der Waals surface area contributed by atoms with Gasteiger partial charge < -0.3 is 15.2 Å². The minimum Gasteiger partial charge on any atom is -0.497 e. The number of aromatic nitrogens is 2. The summed E-state index contributed by atoms with van der Waals surface area (Å²) in [5, 5.41) is 26.7. The molecule has 25 heavy (non-hydrogen) atoms. The van der Waals surface area contributed by atoms with Gasteiger partial charge in [0.15, 0.2) is 6.04 Å². The Hall–Kier alpha value is -3.43. The molecule has 2 aromatic rings. The number of rotatable bonds is 6. The Kier molecular flexibility index (Phi) is 5.01. The van der Waals surface area contributed by atoms with E-state index in [0.717, 1.165) is 4.68 Å². The predicted octanol–water partition coefficient (Wildman–Crippen LogP) is 1.20. The number of carboxylic acids is 1. The number of carbonyl (C=O) groups excluding carboxylic acids is 1. The summed E-state index contributed by atoms with van der Waals surface area (Å²) in [5.41, 5.74) is -0.418. The second-order valence-electron chi connectivity index (χ2n) is 5.18. The van der Waals surface area contributed by atoms with E-state index in [-0.39, 0.29) is 11.4 Å². The largest absolute Gasteiger partial charge is 0.497 e. The van der Waals surface area contributed by atoms with Gasteiger partial charge in [0.05, 0.1) is 12.0 Å². The number of nitrogens with one attached hydrogen (secondary N) is 1. The van der Waals surface area contributed by atoms with E-state index in [4.69, 9.17) is 4.74 Å². The molecule has 1 heterocycles. The molecule has 132 valence electrons. The maximum atomic E-state index is 12.5. The van der Waals surface area contributed by atoms with Gasteiger partial charge >= 0.3 is 11.7 Å². The Morgan fingerprint density at radius 1 is 1.36 bits per heavy atom. The Bertz CT molecular complexity index is 827. The number of aryl methyl sites for hydroxylation is 2. The molecule has 0 aliphatic heterocycles. The highest BCUT2D eigenvalue weighted by molar-refractivity contribution is 5.99. The third-order valence-corrected chi connectivity index (χ3v) is 3.56. The smallest absolute Gasteiger partial charge is 0.330 e. The van der Waals surface area contributed by atoms with E-state index in [2.05, 4.69) is 10.4 Å². The van der Waals surface area contributed by atoms with E-state index in [0.29, 0.717) is 11.3 Å². The predicted molar refractivity (Wildman–Crippen MR) is 85.4 cm³/mol. The molecule has 1 unspecified atom stereocenters. The van der Waals surface area contributed by atoms with Crippen LogP contribution in [0, 0.1) is 17.0 Å². The second kappa shape index (κ2) is 6.99. The lowest BCUT2D eigenvalue weighted by molar-refractivity contribution is -0.385. The van der Waals surface area contributed by atoms with E-state index < -0.39 is 28.5 Å². The quantitative estimate of drug-likeness (QED) is 0.591. The van der Waals surface area contributed by atoms with Crippen molar-refractivity contribution in [1.82, 2.24) is 15.1 Å². The number of hydrogen-bond donors (Lipinski definition) is 2. The van der Waals surface area contributed by atoms with Crippen molar-refractivity contribution >= 4 is 17.6 Å². The fourth-order valence-electron chi connectivity index (χ4n) is 2.40. The van der Waals surface area contributed by atoms with Crippen molar-refractivity contribution in [3.63, 3.8) is 0 Å². The van der Waals surface area contributed by atoms with Gasteiger partial charge in [-0.2, -0.15) is 5.10 Å². The van der Waals surface area contributed by atoms with Crippen LogP contribution in [0.25, 0.3) is 0 Å². The molecule has 1 aromatic heterocycles. The molecule has 10 heteroatoms. The summed E-state index contributed by atoms with van der Waals surface area (Å²) >= 11 is 0. The molecule has 10 nitrogen and oxygen atoms in total. The van der Waals surface area contributed by atoms with Crippen molar-refractivity contribution in [2.24, 2.45) is 7.05 Å². The highest BCUT2D eigenvalue weighted by Crippen LogP contribution is 2.24. The van der Waals surface area contributed by atoms with Gasteiger partial charge in [-0.3, -0.25) is 19.6 Å². The maximum absolute atomic E-state index is 12.5. The van der Waals surface area contributed by atoms with Crippen molar-refractivity contribution in [2.45, 2.75) is 13.0 Å². The van der Waals surface area contributed by atoms with E-state index >= 15 is 0 Å². The first kappa shape index (κ1) is 17.9. The molecule has 0 bridgehead atoms. The van der Waals surface area contributed by atoms with E-state index in [1.165, 1.54) is 33.2 Å². The molecule has 0 fully saturated rings. The number of carboxylic acid groups (broad SMARTS) is 1. The highest BCUT2D eigenvalue weighted by Gasteiger charge is 2.32. The topological polar surface area (TPSA) is 137 Å². The average molecular weight is 348 g/mol. The van der Waals surface area contributed by atoms with Gasteiger partial charge in [0, 0.05) is 7.05 Å². The van der Waals surface area contributed by atoms with Crippen LogP contribution in [0.2, 0.25) is 0 Å². The Labute approximate surface area is 142 Å². The molecule has 1 aromatic carbocycles. The lowest BCUT2D eigenvalue weighted by Crippen LogP contribution is -2.35. The Morgan fingerprint density at radius 3 is 2.44 bits per heavy atom. The SMILES string of the molecule is COc1ccc(C(NC(=O)c2c([N+](=O)[O-])c(C)nn2C)C(=O)O)cc1. The van der Waals surface area contributed by atoms with E-state index in [9.17, 15) is 24.8 Å². The molecule has 2 N–H and O–H groups in total. The van der Waals surface area contributed by atoms with Gasteiger partial charge in [-0.1, -0.05) is 12.1 Å². The minimum absolute atomic E-state index is 0.0639. The number of ether oxygens (including phenoxy) is 1. The molecule has 0 aliphatic carbocycles. The van der Waals surface area contributed by atoms with Crippen LogP contribution in [0.5, 0.6) is 5.75 Å². The third-order valence-electron chi connectivity index (χ3n) is 3.56. The van der Waals surface area contributed by atoms with Gasteiger partial charge in [0.1, 0.15) is 11.4 Å². The zero-order chi connectivity index (χ0) is 18.7. The highest BCUT2D eigenvalue weighted by atomic mass is 16.6. The summed E-state index contributed by atoms with van der Waals surface area (Å²) in [6, 6.07) is 4.69. The van der Waals surface area contributed by atoms with E-state index in [1.807, 2.05) is 0 Å². The summed E-state index contributed by atoms with van der Waals surface area (Å²) in [6.07, 6.45) is 0. The zero-order valence-electron chi connectivity index (χ0n) is 13.7. The van der Waals surface area contributed by atoms with Gasteiger partial charge in [-0.25, -0.2) is 4.79 Å². The number of amides is 1. The molecule has 0 spiro atoms. The number of methoxy groups -OCH3 is 1. The summed E-state index contributed by atoms with van der Waals surface area (Å²) in [4.78, 5) is 34.4.